The molecule has 6 heteroatoms. The molecule has 5 nitrogen and oxygen atoms in total. The van der Waals surface area contributed by atoms with Crippen molar-refractivity contribution >= 4 is 24.1 Å². The van der Waals surface area contributed by atoms with Gasteiger partial charge in [-0.15, -0.1) is 12.4 Å². The number of anilines is 1. The summed E-state index contributed by atoms with van der Waals surface area (Å²) in [5, 5.41) is 9.13. The lowest BCUT2D eigenvalue weighted by atomic mass is 10.0. The Kier molecular flexibility index (Phi) is 4.76. The lowest BCUT2D eigenvalue weighted by molar-refractivity contribution is -0.118. The van der Waals surface area contributed by atoms with E-state index in [4.69, 9.17) is 11.0 Å². The van der Waals surface area contributed by atoms with Crippen LogP contribution in [0, 0.1) is 11.3 Å². The Balaban J connectivity index is 0.00000176. The molecule has 112 valence electrons. The lowest BCUT2D eigenvalue weighted by Gasteiger charge is -2.15. The van der Waals surface area contributed by atoms with E-state index < -0.39 is 6.04 Å². The minimum Gasteiger partial charge on any atom is -0.320 e. The summed E-state index contributed by atoms with van der Waals surface area (Å²) < 4.78 is 0. The normalized spacial score (nSPS) is 17.0. The molecule has 2 heterocycles. The van der Waals surface area contributed by atoms with Crippen molar-refractivity contribution in [2.45, 2.75) is 12.5 Å². The molecule has 0 radical (unpaired) electrons. The number of carbonyl (C=O) groups is 1. The highest BCUT2D eigenvalue weighted by Crippen LogP contribution is 2.25. The van der Waals surface area contributed by atoms with Crippen molar-refractivity contribution < 1.29 is 4.79 Å². The van der Waals surface area contributed by atoms with Crippen molar-refractivity contribution in [3.8, 4) is 17.2 Å². The summed E-state index contributed by atoms with van der Waals surface area (Å²) in [7, 11) is 0. The molecule has 3 rings (SSSR count). The van der Waals surface area contributed by atoms with Gasteiger partial charge in [-0.25, -0.2) is 4.98 Å². The van der Waals surface area contributed by atoms with E-state index in [1.165, 1.54) is 0 Å². The summed E-state index contributed by atoms with van der Waals surface area (Å²) in [6.45, 7) is 0.598. The topological polar surface area (TPSA) is 83.0 Å². The van der Waals surface area contributed by atoms with Crippen LogP contribution in [0.1, 0.15) is 12.0 Å². The maximum absolute atomic E-state index is 11.9. The standard InChI is InChI=1S/C16H14N4O.ClH/c17-9-11-3-1-2-4-13(11)12-5-6-15(19-10-12)20-8-7-14(18)16(20)21;/h1-6,10,14H,7-8,18H2;1H/t14-;/m0./s1. The van der Waals surface area contributed by atoms with Crippen LogP contribution in [0.2, 0.25) is 0 Å². The molecule has 1 aliphatic heterocycles. The summed E-state index contributed by atoms with van der Waals surface area (Å²) in [5.41, 5.74) is 8.00. The van der Waals surface area contributed by atoms with Crippen molar-refractivity contribution in [2.75, 3.05) is 11.4 Å². The first-order valence-electron chi connectivity index (χ1n) is 6.73. The van der Waals surface area contributed by atoms with Crippen LogP contribution in [-0.4, -0.2) is 23.5 Å². The number of halogens is 1. The molecule has 1 atom stereocenters. The van der Waals surface area contributed by atoms with Crippen molar-refractivity contribution in [3.63, 3.8) is 0 Å². The first-order chi connectivity index (χ1) is 10.2. The van der Waals surface area contributed by atoms with Crippen LogP contribution in [0.25, 0.3) is 11.1 Å². The molecule has 2 aromatic rings. The Morgan fingerprint density at radius 2 is 2.05 bits per heavy atom. The number of rotatable bonds is 2. The van der Waals surface area contributed by atoms with E-state index in [1.807, 2.05) is 24.3 Å². The van der Waals surface area contributed by atoms with Crippen molar-refractivity contribution in [1.82, 2.24) is 4.98 Å². The smallest absolute Gasteiger partial charge is 0.245 e. The quantitative estimate of drug-likeness (QED) is 0.920. The number of aromatic nitrogens is 1. The average molecular weight is 315 g/mol. The molecule has 0 saturated carbocycles. The SMILES string of the molecule is Cl.N#Cc1ccccc1-c1ccc(N2CC[C@H](N)C2=O)nc1. The monoisotopic (exact) mass is 314 g/mol. The van der Waals surface area contributed by atoms with Gasteiger partial charge in [-0.2, -0.15) is 5.26 Å². The van der Waals surface area contributed by atoms with E-state index in [1.54, 1.807) is 23.2 Å². The third kappa shape index (κ3) is 2.80. The first kappa shape index (κ1) is 16.0. The van der Waals surface area contributed by atoms with Crippen LogP contribution in [0.5, 0.6) is 0 Å². The summed E-state index contributed by atoms with van der Waals surface area (Å²) in [5.74, 6) is 0.513. The van der Waals surface area contributed by atoms with Gasteiger partial charge in [-0.05, 0) is 24.6 Å². The maximum Gasteiger partial charge on any atom is 0.245 e. The molecule has 1 aromatic carbocycles. The number of hydrogen-bond acceptors (Lipinski definition) is 4. The summed E-state index contributed by atoms with van der Waals surface area (Å²) in [4.78, 5) is 17.8. The fraction of sp³-hybridized carbons (Fsp3) is 0.188. The number of pyridine rings is 1. The van der Waals surface area contributed by atoms with Crippen LogP contribution >= 0.6 is 12.4 Å². The largest absolute Gasteiger partial charge is 0.320 e. The van der Waals surface area contributed by atoms with Crippen LogP contribution in [0.4, 0.5) is 5.82 Å². The second-order valence-corrected chi connectivity index (χ2v) is 4.95. The number of nitrogens with zero attached hydrogens (tertiary/aromatic N) is 3. The number of carbonyl (C=O) groups excluding carboxylic acids is 1. The van der Waals surface area contributed by atoms with Crippen LogP contribution < -0.4 is 10.6 Å². The molecule has 0 spiro atoms. The van der Waals surface area contributed by atoms with Gasteiger partial charge in [0.25, 0.3) is 0 Å². The second kappa shape index (κ2) is 6.56. The molecule has 0 unspecified atom stereocenters. The third-order valence-electron chi connectivity index (χ3n) is 3.63. The number of amides is 1. The van der Waals surface area contributed by atoms with Crippen molar-refractivity contribution in [3.05, 3.63) is 48.2 Å². The molecule has 22 heavy (non-hydrogen) atoms. The molecular formula is C16H15ClN4O. The number of hydrogen-bond donors (Lipinski definition) is 1. The summed E-state index contributed by atoms with van der Waals surface area (Å²) >= 11 is 0. The van der Waals surface area contributed by atoms with E-state index in [9.17, 15) is 4.79 Å². The molecule has 1 saturated heterocycles. The fourth-order valence-electron chi connectivity index (χ4n) is 2.47. The highest BCUT2D eigenvalue weighted by atomic mass is 35.5. The van der Waals surface area contributed by atoms with Gasteiger partial charge in [0.15, 0.2) is 0 Å². The number of nitrogens with two attached hydrogens (primary N) is 1. The molecule has 1 aromatic heterocycles. The van der Waals surface area contributed by atoms with Crippen LogP contribution in [0.15, 0.2) is 42.6 Å². The highest BCUT2D eigenvalue weighted by molar-refractivity contribution is 5.98. The second-order valence-electron chi connectivity index (χ2n) is 4.95. The van der Waals surface area contributed by atoms with Gasteiger partial charge in [0.05, 0.1) is 17.7 Å². The maximum atomic E-state index is 11.9. The summed E-state index contributed by atoms with van der Waals surface area (Å²) in [6.07, 6.45) is 2.34. The Morgan fingerprint density at radius 1 is 1.27 bits per heavy atom. The fourth-order valence-corrected chi connectivity index (χ4v) is 2.47. The molecule has 0 bridgehead atoms. The van der Waals surface area contributed by atoms with Crippen molar-refractivity contribution in [1.29, 1.82) is 5.26 Å². The van der Waals surface area contributed by atoms with Gasteiger partial charge in [-0.1, -0.05) is 18.2 Å². The van der Waals surface area contributed by atoms with Gasteiger partial charge in [0, 0.05) is 23.9 Å². The molecule has 2 N–H and O–H groups in total. The Bertz CT molecular complexity index is 724. The predicted molar refractivity (Wildman–Crippen MR) is 86.6 cm³/mol. The van der Waals surface area contributed by atoms with E-state index in [-0.39, 0.29) is 18.3 Å². The molecule has 0 aliphatic carbocycles. The van der Waals surface area contributed by atoms with Gasteiger partial charge < -0.3 is 5.73 Å². The van der Waals surface area contributed by atoms with Gasteiger partial charge in [0.1, 0.15) is 5.82 Å². The molecule has 1 fully saturated rings. The van der Waals surface area contributed by atoms with Crippen LogP contribution in [-0.2, 0) is 4.79 Å². The lowest BCUT2D eigenvalue weighted by Crippen LogP contribution is -2.34. The van der Waals surface area contributed by atoms with Crippen LogP contribution in [0.3, 0.4) is 0 Å². The Labute approximate surface area is 134 Å². The molecule has 1 amide bonds. The van der Waals surface area contributed by atoms with Gasteiger partial charge >= 0.3 is 0 Å². The molecular weight excluding hydrogens is 300 g/mol. The highest BCUT2D eigenvalue weighted by Gasteiger charge is 2.30. The zero-order valence-electron chi connectivity index (χ0n) is 11.8. The zero-order valence-corrected chi connectivity index (χ0v) is 12.6. The van der Waals surface area contributed by atoms with E-state index in [0.717, 1.165) is 11.1 Å². The molecule has 1 aliphatic rings. The minimum absolute atomic E-state index is 0. The Morgan fingerprint density at radius 3 is 2.64 bits per heavy atom. The summed E-state index contributed by atoms with van der Waals surface area (Å²) in [6, 6.07) is 12.8. The minimum atomic E-state index is -0.425. The van der Waals surface area contributed by atoms with E-state index in [2.05, 4.69) is 11.1 Å². The van der Waals surface area contributed by atoms with Gasteiger partial charge in [-0.3, -0.25) is 9.69 Å². The zero-order chi connectivity index (χ0) is 14.8. The first-order valence-corrected chi connectivity index (χ1v) is 6.73. The van der Waals surface area contributed by atoms with Gasteiger partial charge in [0.2, 0.25) is 5.91 Å². The number of nitriles is 1. The number of benzene rings is 1. The average Bonchev–Trinajstić information content (AvgIpc) is 2.87. The van der Waals surface area contributed by atoms with E-state index in [0.29, 0.717) is 24.3 Å². The predicted octanol–water partition coefficient (Wildman–Crippen LogP) is 2.11. The van der Waals surface area contributed by atoms with Crippen molar-refractivity contribution in [2.24, 2.45) is 5.73 Å². The Hall–Kier alpha value is -2.42. The van der Waals surface area contributed by atoms with E-state index >= 15 is 0 Å². The third-order valence-corrected chi connectivity index (χ3v) is 3.63.